The second kappa shape index (κ2) is 13.3. The quantitative estimate of drug-likeness (QED) is 0.159. The van der Waals surface area contributed by atoms with Gasteiger partial charge in [-0.1, -0.05) is 27.7 Å². The number of rotatable bonds is 12. The number of benzene rings is 1. The van der Waals surface area contributed by atoms with Gasteiger partial charge in [-0.3, -0.25) is 14.8 Å². The molecule has 204 valence electrons. The lowest BCUT2D eigenvalue weighted by Gasteiger charge is -2.26. The molecule has 1 atom stereocenters. The lowest BCUT2D eigenvalue weighted by molar-refractivity contribution is -0.387. The normalized spacial score (nSPS) is 12.2. The molecule has 0 fully saturated rings. The molecule has 3 aromatic rings. The number of aromatic nitrogens is 3. The Bertz CT molecular complexity index is 1210. The number of esters is 1. The summed E-state index contributed by atoms with van der Waals surface area (Å²) in [5.74, 6) is -1.44. The van der Waals surface area contributed by atoms with Gasteiger partial charge >= 0.3 is 11.7 Å². The number of methoxy groups -OCH3 is 1. The van der Waals surface area contributed by atoms with Crippen molar-refractivity contribution in [1.82, 2.24) is 14.3 Å². The number of nitrogens with zero attached hydrogens (tertiary/aromatic N) is 4. The molecule has 1 unspecified atom stereocenters. The van der Waals surface area contributed by atoms with Crippen LogP contribution in [0.25, 0.3) is 10.9 Å². The number of hydrogen-bond acceptors (Lipinski definition) is 8. The van der Waals surface area contributed by atoms with E-state index in [4.69, 9.17) is 4.74 Å². The van der Waals surface area contributed by atoms with Gasteiger partial charge in [-0.05, 0) is 12.5 Å². The van der Waals surface area contributed by atoms with E-state index in [2.05, 4.69) is 9.84 Å². The zero-order chi connectivity index (χ0) is 27.8. The number of ether oxygens (including phenoxy) is 2. The van der Waals surface area contributed by atoms with Crippen LogP contribution in [0.5, 0.6) is 0 Å². The van der Waals surface area contributed by atoms with Crippen LogP contribution in [0.15, 0.2) is 30.6 Å². The van der Waals surface area contributed by atoms with Gasteiger partial charge in [0, 0.05) is 48.0 Å². The maximum Gasteiger partial charge on any atom is 0.341 e. The van der Waals surface area contributed by atoms with Gasteiger partial charge in [0.05, 0.1) is 55.2 Å². The molecule has 0 saturated heterocycles. The number of carbonyl (C=O) groups excluding carboxylic acids is 1. The van der Waals surface area contributed by atoms with E-state index in [1.807, 2.05) is 13.8 Å². The highest BCUT2D eigenvalue weighted by Crippen LogP contribution is 2.33. The predicted molar refractivity (Wildman–Crippen MR) is 135 cm³/mol. The monoisotopic (exact) mass is 522 g/mol. The first-order valence-electron chi connectivity index (χ1n) is 12.0. The Kier molecular flexibility index (Phi) is 10.7. The van der Waals surface area contributed by atoms with Crippen LogP contribution < -0.4 is 0 Å². The van der Waals surface area contributed by atoms with Crippen molar-refractivity contribution in [3.63, 3.8) is 0 Å². The lowest BCUT2D eigenvalue weighted by Crippen LogP contribution is -2.29. The van der Waals surface area contributed by atoms with E-state index < -0.39 is 33.9 Å². The summed E-state index contributed by atoms with van der Waals surface area (Å²) in [4.78, 5) is 21.8. The van der Waals surface area contributed by atoms with Crippen LogP contribution in [0.2, 0.25) is 0 Å². The molecule has 0 bridgehead atoms. The van der Waals surface area contributed by atoms with Crippen LogP contribution >= 0.6 is 0 Å². The molecule has 0 spiro atoms. The third kappa shape index (κ3) is 7.34. The summed E-state index contributed by atoms with van der Waals surface area (Å²) in [6.45, 7) is 8.22. The predicted octanol–water partition coefficient (Wildman–Crippen LogP) is 3.44. The summed E-state index contributed by atoms with van der Waals surface area (Å²) in [6, 6.07) is 3.89. The summed E-state index contributed by atoms with van der Waals surface area (Å²) < 4.78 is 27.8. The van der Waals surface area contributed by atoms with Crippen molar-refractivity contribution in [1.29, 1.82) is 0 Å². The average molecular weight is 523 g/mol. The summed E-state index contributed by atoms with van der Waals surface area (Å²) in [7, 11) is 1.30. The highest BCUT2D eigenvalue weighted by atomic mass is 19.1. The fraction of sp³-hybridized carbons (Fsp3) is 0.520. The molecule has 0 saturated carbocycles. The van der Waals surface area contributed by atoms with E-state index in [0.29, 0.717) is 41.7 Å². The Hall–Kier alpha value is -3.35. The fourth-order valence-corrected chi connectivity index (χ4v) is 3.77. The van der Waals surface area contributed by atoms with Gasteiger partial charge in [-0.15, -0.1) is 0 Å². The average Bonchev–Trinajstić information content (AvgIpc) is 3.49. The molecule has 0 radical (unpaired) electrons. The zero-order valence-corrected chi connectivity index (χ0v) is 21.8. The number of aliphatic hydroxyl groups is 2. The van der Waals surface area contributed by atoms with Crippen LogP contribution in [0.4, 0.5) is 10.1 Å². The summed E-state index contributed by atoms with van der Waals surface area (Å²) in [6.07, 6.45) is 2.62. The number of nitro benzene ring substituents is 1. The van der Waals surface area contributed by atoms with Crippen LogP contribution in [-0.4, -0.2) is 68.5 Å². The number of aliphatic hydroxyl groups excluding tert-OH is 2. The smallest absolute Gasteiger partial charge is 0.341 e. The van der Waals surface area contributed by atoms with Crippen molar-refractivity contribution in [3.8, 4) is 0 Å². The summed E-state index contributed by atoms with van der Waals surface area (Å²) in [5, 5.41) is 36.1. The van der Waals surface area contributed by atoms with E-state index in [-0.39, 0.29) is 19.8 Å². The van der Waals surface area contributed by atoms with Crippen LogP contribution in [0.3, 0.4) is 0 Å². The first-order chi connectivity index (χ1) is 17.6. The first-order valence-corrected chi connectivity index (χ1v) is 12.0. The molecular weight excluding hydrogens is 487 g/mol. The van der Waals surface area contributed by atoms with Gasteiger partial charge in [-0.2, -0.15) is 9.49 Å². The third-order valence-corrected chi connectivity index (χ3v) is 5.69. The van der Waals surface area contributed by atoms with Gasteiger partial charge in [0.25, 0.3) is 0 Å². The SMILES string of the molecule is CC.COC(=O)c1cnn(CCCOCC(O)Cn2c(C(C)(C)CO)cc3cc([N+](=O)[O-])c(F)cc32)c1. The molecule has 1 aromatic carbocycles. The lowest BCUT2D eigenvalue weighted by atomic mass is 9.90. The highest BCUT2D eigenvalue weighted by Gasteiger charge is 2.28. The number of halogens is 1. The molecule has 0 aliphatic carbocycles. The molecule has 0 amide bonds. The second-order valence-electron chi connectivity index (χ2n) is 8.87. The number of aryl methyl sites for hydroxylation is 1. The Morgan fingerprint density at radius 3 is 2.62 bits per heavy atom. The molecule has 0 aliphatic rings. The van der Waals surface area contributed by atoms with Gasteiger partial charge < -0.3 is 24.3 Å². The molecule has 12 heteroatoms. The molecule has 37 heavy (non-hydrogen) atoms. The molecule has 0 aliphatic heterocycles. The minimum atomic E-state index is -0.977. The number of hydrogen-bond donors (Lipinski definition) is 2. The minimum absolute atomic E-state index is 0.000643. The second-order valence-corrected chi connectivity index (χ2v) is 8.87. The van der Waals surface area contributed by atoms with Crippen molar-refractivity contribution < 1.29 is 33.8 Å². The van der Waals surface area contributed by atoms with Crippen molar-refractivity contribution in [2.45, 2.75) is 58.7 Å². The van der Waals surface area contributed by atoms with E-state index in [0.717, 1.165) is 12.1 Å². The van der Waals surface area contributed by atoms with Gasteiger partial charge in [-0.25, -0.2) is 4.79 Å². The van der Waals surface area contributed by atoms with Crippen LogP contribution in [0.1, 0.15) is 50.2 Å². The molecule has 2 N–H and O–H groups in total. The third-order valence-electron chi connectivity index (χ3n) is 5.69. The van der Waals surface area contributed by atoms with E-state index >= 15 is 0 Å². The first kappa shape index (κ1) is 29.9. The van der Waals surface area contributed by atoms with Gasteiger partial charge in [0.2, 0.25) is 5.82 Å². The maximum atomic E-state index is 14.3. The van der Waals surface area contributed by atoms with E-state index in [1.165, 1.54) is 13.3 Å². The van der Waals surface area contributed by atoms with Crippen molar-refractivity contribution >= 4 is 22.6 Å². The molecule has 3 rings (SSSR count). The Morgan fingerprint density at radius 2 is 2.00 bits per heavy atom. The highest BCUT2D eigenvalue weighted by molar-refractivity contribution is 5.88. The zero-order valence-electron chi connectivity index (χ0n) is 21.8. The van der Waals surface area contributed by atoms with E-state index in [9.17, 15) is 29.5 Å². The summed E-state index contributed by atoms with van der Waals surface area (Å²) in [5.41, 5.74) is -0.0377. The van der Waals surface area contributed by atoms with Crippen molar-refractivity contribution in [2.75, 3.05) is 26.9 Å². The molecule has 2 heterocycles. The fourth-order valence-electron chi connectivity index (χ4n) is 3.77. The molecule has 11 nitrogen and oxygen atoms in total. The van der Waals surface area contributed by atoms with Gasteiger partial charge in [0.1, 0.15) is 0 Å². The molecular formula is C25H35FN4O7. The maximum absolute atomic E-state index is 14.3. The number of fused-ring (bicyclic) bond motifs is 1. The number of nitro groups is 1. The Labute approximate surface area is 214 Å². The largest absolute Gasteiger partial charge is 0.465 e. The summed E-state index contributed by atoms with van der Waals surface area (Å²) >= 11 is 0. The van der Waals surface area contributed by atoms with Crippen molar-refractivity contribution in [3.05, 3.63) is 57.8 Å². The van der Waals surface area contributed by atoms with Crippen molar-refractivity contribution in [2.24, 2.45) is 0 Å². The number of carbonyl (C=O) groups is 1. The van der Waals surface area contributed by atoms with Crippen LogP contribution in [-0.2, 0) is 28.0 Å². The molecule has 2 aromatic heterocycles. The standard InChI is InChI=1S/C23H29FN4O7.C2H6/c1-23(2,14-29)21-8-15-7-20(28(32)33)18(24)9-19(15)27(21)12-17(30)13-35-6-4-5-26-11-16(10-25-26)22(31)34-3;1-2/h7-11,17,29-30H,4-6,12-14H2,1-3H3;1-2H3. The topological polar surface area (TPSA) is 142 Å². The van der Waals surface area contributed by atoms with E-state index in [1.54, 1.807) is 35.4 Å². The minimum Gasteiger partial charge on any atom is -0.465 e. The Balaban J connectivity index is 0.00000235. The Morgan fingerprint density at radius 1 is 1.30 bits per heavy atom. The van der Waals surface area contributed by atoms with Gasteiger partial charge in [0.15, 0.2) is 0 Å². The van der Waals surface area contributed by atoms with Crippen LogP contribution in [0, 0.1) is 15.9 Å².